The second kappa shape index (κ2) is 4.33. The maximum atomic E-state index is 11.9. The molecule has 15 heavy (non-hydrogen) atoms. The zero-order valence-electron chi connectivity index (χ0n) is 9.53. The molecule has 0 bridgehead atoms. The summed E-state index contributed by atoms with van der Waals surface area (Å²) in [5.41, 5.74) is 1.80. The normalized spacial score (nSPS) is 12.1. The number of rotatable bonds is 3. The fourth-order valence-electron chi connectivity index (χ4n) is 1.39. The second-order valence-electron chi connectivity index (χ2n) is 3.97. The first kappa shape index (κ1) is 12.2. The van der Waals surface area contributed by atoms with Crippen LogP contribution in [0.2, 0.25) is 0 Å². The SMILES string of the molecule is Cc1cccc(S(=O)(=O)NC(C)C)c1C. The van der Waals surface area contributed by atoms with Gasteiger partial charge in [-0.05, 0) is 44.9 Å². The minimum atomic E-state index is -3.36. The summed E-state index contributed by atoms with van der Waals surface area (Å²) < 4.78 is 26.4. The molecule has 1 N–H and O–H groups in total. The zero-order chi connectivity index (χ0) is 11.6. The van der Waals surface area contributed by atoms with Crippen molar-refractivity contribution in [2.45, 2.75) is 38.6 Å². The molecule has 1 rings (SSSR count). The van der Waals surface area contributed by atoms with E-state index in [2.05, 4.69) is 4.72 Å². The molecule has 1 aromatic carbocycles. The molecule has 84 valence electrons. The predicted molar refractivity (Wildman–Crippen MR) is 61.4 cm³/mol. The monoisotopic (exact) mass is 227 g/mol. The van der Waals surface area contributed by atoms with Crippen LogP contribution in [0.15, 0.2) is 23.1 Å². The van der Waals surface area contributed by atoms with Crippen LogP contribution in [0.1, 0.15) is 25.0 Å². The Morgan fingerprint density at radius 3 is 2.33 bits per heavy atom. The van der Waals surface area contributed by atoms with Gasteiger partial charge in [0, 0.05) is 6.04 Å². The van der Waals surface area contributed by atoms with Crippen molar-refractivity contribution in [3.05, 3.63) is 29.3 Å². The van der Waals surface area contributed by atoms with Gasteiger partial charge in [-0.15, -0.1) is 0 Å². The molecule has 0 aromatic heterocycles. The molecule has 0 spiro atoms. The van der Waals surface area contributed by atoms with Gasteiger partial charge in [-0.25, -0.2) is 13.1 Å². The first-order valence-corrected chi connectivity index (χ1v) is 6.41. The van der Waals surface area contributed by atoms with Crippen LogP contribution < -0.4 is 4.72 Å². The van der Waals surface area contributed by atoms with Gasteiger partial charge in [0.2, 0.25) is 10.0 Å². The lowest BCUT2D eigenvalue weighted by Crippen LogP contribution is -2.30. The number of aryl methyl sites for hydroxylation is 1. The molecule has 0 radical (unpaired) electrons. The third kappa shape index (κ3) is 2.79. The van der Waals surface area contributed by atoms with Gasteiger partial charge in [0.25, 0.3) is 0 Å². The van der Waals surface area contributed by atoms with Crippen LogP contribution in [-0.2, 0) is 10.0 Å². The number of nitrogens with one attached hydrogen (secondary N) is 1. The second-order valence-corrected chi connectivity index (χ2v) is 5.66. The van der Waals surface area contributed by atoms with E-state index in [1.807, 2.05) is 33.8 Å². The van der Waals surface area contributed by atoms with E-state index in [4.69, 9.17) is 0 Å². The van der Waals surface area contributed by atoms with Gasteiger partial charge in [0.05, 0.1) is 4.90 Å². The third-order valence-corrected chi connectivity index (χ3v) is 4.04. The molecule has 0 saturated heterocycles. The highest BCUT2D eigenvalue weighted by molar-refractivity contribution is 7.89. The van der Waals surface area contributed by atoms with E-state index in [-0.39, 0.29) is 6.04 Å². The smallest absolute Gasteiger partial charge is 0.209 e. The highest BCUT2D eigenvalue weighted by atomic mass is 32.2. The Labute approximate surface area is 91.6 Å². The molecule has 0 aliphatic carbocycles. The lowest BCUT2D eigenvalue weighted by atomic mass is 10.1. The van der Waals surface area contributed by atoms with Crippen LogP contribution in [0.4, 0.5) is 0 Å². The van der Waals surface area contributed by atoms with Crippen molar-refractivity contribution in [1.82, 2.24) is 4.72 Å². The highest BCUT2D eigenvalue weighted by Gasteiger charge is 2.17. The summed E-state index contributed by atoms with van der Waals surface area (Å²) in [6.45, 7) is 7.35. The molecule has 0 amide bonds. The highest BCUT2D eigenvalue weighted by Crippen LogP contribution is 2.18. The van der Waals surface area contributed by atoms with Crippen molar-refractivity contribution >= 4 is 10.0 Å². The van der Waals surface area contributed by atoms with Crippen LogP contribution >= 0.6 is 0 Å². The Kier molecular flexibility index (Phi) is 3.52. The average molecular weight is 227 g/mol. The van der Waals surface area contributed by atoms with E-state index >= 15 is 0 Å². The van der Waals surface area contributed by atoms with Gasteiger partial charge in [-0.2, -0.15) is 0 Å². The molecule has 0 saturated carbocycles. The fraction of sp³-hybridized carbons (Fsp3) is 0.455. The van der Waals surface area contributed by atoms with E-state index < -0.39 is 10.0 Å². The predicted octanol–water partition coefficient (Wildman–Crippen LogP) is 1.99. The molecule has 0 aliphatic heterocycles. The standard InChI is InChI=1S/C11H17NO2S/c1-8(2)12-15(13,14)11-7-5-6-9(3)10(11)4/h5-8,12H,1-4H3. The van der Waals surface area contributed by atoms with E-state index in [9.17, 15) is 8.42 Å². The van der Waals surface area contributed by atoms with Gasteiger partial charge in [0.1, 0.15) is 0 Å². The zero-order valence-corrected chi connectivity index (χ0v) is 10.4. The molecule has 0 unspecified atom stereocenters. The lowest BCUT2D eigenvalue weighted by molar-refractivity contribution is 0.569. The van der Waals surface area contributed by atoms with Crippen molar-refractivity contribution in [2.24, 2.45) is 0 Å². The molecule has 0 aliphatic rings. The van der Waals surface area contributed by atoms with E-state index in [1.165, 1.54) is 0 Å². The van der Waals surface area contributed by atoms with Crippen LogP contribution in [0.3, 0.4) is 0 Å². The summed E-state index contributed by atoms with van der Waals surface area (Å²) in [6, 6.07) is 5.21. The summed E-state index contributed by atoms with van der Waals surface area (Å²) in [7, 11) is -3.36. The molecule has 0 heterocycles. The van der Waals surface area contributed by atoms with Crippen molar-refractivity contribution in [3.63, 3.8) is 0 Å². The summed E-state index contributed by atoms with van der Waals surface area (Å²) in [5, 5.41) is 0. The van der Waals surface area contributed by atoms with Crippen LogP contribution in [0.5, 0.6) is 0 Å². The Balaban J connectivity index is 3.22. The maximum Gasteiger partial charge on any atom is 0.241 e. The van der Waals surface area contributed by atoms with Crippen LogP contribution in [0.25, 0.3) is 0 Å². The first-order valence-electron chi connectivity index (χ1n) is 4.93. The van der Waals surface area contributed by atoms with Crippen molar-refractivity contribution in [1.29, 1.82) is 0 Å². The van der Waals surface area contributed by atoms with Crippen LogP contribution in [-0.4, -0.2) is 14.5 Å². The maximum absolute atomic E-state index is 11.9. The molecular formula is C11H17NO2S. The fourth-order valence-corrected chi connectivity index (χ4v) is 2.96. The Bertz CT molecular complexity index is 450. The van der Waals surface area contributed by atoms with Crippen molar-refractivity contribution < 1.29 is 8.42 Å². The van der Waals surface area contributed by atoms with Gasteiger partial charge in [0.15, 0.2) is 0 Å². The summed E-state index contributed by atoms with van der Waals surface area (Å²) in [6.07, 6.45) is 0. The Morgan fingerprint density at radius 2 is 1.80 bits per heavy atom. The summed E-state index contributed by atoms with van der Waals surface area (Å²) in [5.74, 6) is 0. The third-order valence-electron chi connectivity index (χ3n) is 2.24. The first-order chi connectivity index (χ1) is 6.84. The largest absolute Gasteiger partial charge is 0.241 e. The molecule has 0 atom stereocenters. The molecule has 3 nitrogen and oxygen atoms in total. The molecule has 4 heteroatoms. The summed E-state index contributed by atoms with van der Waals surface area (Å²) in [4.78, 5) is 0.371. The average Bonchev–Trinajstić information content (AvgIpc) is 2.07. The number of benzene rings is 1. The van der Waals surface area contributed by atoms with E-state index in [0.717, 1.165) is 11.1 Å². The number of hydrogen-bond donors (Lipinski definition) is 1. The molecule has 0 fully saturated rings. The van der Waals surface area contributed by atoms with Gasteiger partial charge in [-0.3, -0.25) is 0 Å². The summed E-state index contributed by atoms with van der Waals surface area (Å²) >= 11 is 0. The quantitative estimate of drug-likeness (QED) is 0.858. The van der Waals surface area contributed by atoms with Gasteiger partial charge in [-0.1, -0.05) is 12.1 Å². The Hall–Kier alpha value is -0.870. The molecule has 1 aromatic rings. The van der Waals surface area contributed by atoms with Crippen molar-refractivity contribution in [2.75, 3.05) is 0 Å². The van der Waals surface area contributed by atoms with Gasteiger partial charge >= 0.3 is 0 Å². The minimum absolute atomic E-state index is 0.0880. The van der Waals surface area contributed by atoms with E-state index in [0.29, 0.717) is 4.90 Å². The lowest BCUT2D eigenvalue weighted by Gasteiger charge is -2.12. The minimum Gasteiger partial charge on any atom is -0.209 e. The van der Waals surface area contributed by atoms with Crippen molar-refractivity contribution in [3.8, 4) is 0 Å². The topological polar surface area (TPSA) is 46.2 Å². The number of sulfonamides is 1. The van der Waals surface area contributed by atoms with Crippen LogP contribution in [0, 0.1) is 13.8 Å². The van der Waals surface area contributed by atoms with E-state index in [1.54, 1.807) is 12.1 Å². The number of hydrogen-bond acceptors (Lipinski definition) is 2. The molecular weight excluding hydrogens is 210 g/mol. The Morgan fingerprint density at radius 1 is 1.20 bits per heavy atom. The van der Waals surface area contributed by atoms with Gasteiger partial charge < -0.3 is 0 Å².